The minimum Gasteiger partial charge on any atom is -0.493 e. The lowest BCUT2D eigenvalue weighted by atomic mass is 9.85. The van der Waals surface area contributed by atoms with Crippen LogP contribution in [-0.2, 0) is 14.9 Å². The van der Waals surface area contributed by atoms with E-state index < -0.39 is 11.5 Å². The second-order valence-electron chi connectivity index (χ2n) is 13.6. The van der Waals surface area contributed by atoms with Crippen molar-refractivity contribution in [3.05, 3.63) is 87.4 Å². The number of ether oxygens (including phenoxy) is 2. The molecule has 6 rings (SSSR count). The van der Waals surface area contributed by atoms with E-state index in [0.717, 1.165) is 11.1 Å². The van der Waals surface area contributed by atoms with Crippen LogP contribution in [0.1, 0.15) is 49.9 Å². The number of halogens is 2. The molecule has 2 saturated heterocycles. The van der Waals surface area contributed by atoms with Gasteiger partial charge >= 0.3 is 6.03 Å². The number of allylic oxidation sites excluding steroid dienone is 3. The predicted octanol–water partition coefficient (Wildman–Crippen LogP) is 6.01. The highest BCUT2D eigenvalue weighted by Crippen LogP contribution is 2.43. The fourth-order valence-corrected chi connectivity index (χ4v) is 7.24. The number of hydrogen-bond donors (Lipinski definition) is 0. The normalized spacial score (nSPS) is 23.0. The van der Waals surface area contributed by atoms with Crippen LogP contribution in [0.5, 0.6) is 5.75 Å². The van der Waals surface area contributed by atoms with Gasteiger partial charge in [-0.15, -0.1) is 0 Å². The number of rotatable bonds is 8. The smallest absolute Gasteiger partial charge is 0.326 e. The van der Waals surface area contributed by atoms with E-state index in [-0.39, 0.29) is 23.9 Å². The van der Waals surface area contributed by atoms with Crippen LogP contribution in [0, 0.1) is 17.2 Å². The molecule has 4 aliphatic rings. The van der Waals surface area contributed by atoms with E-state index in [9.17, 15) is 14.9 Å². The molecule has 264 valence electrons. The average molecular weight is 720 g/mol. The third kappa shape index (κ3) is 7.71. The number of carbonyl (C=O) groups excluding carboxylic acids is 2. The molecule has 2 fully saturated rings. The van der Waals surface area contributed by atoms with E-state index in [1.807, 2.05) is 90.1 Å². The molecule has 2 aromatic rings. The second kappa shape index (κ2) is 15.6. The molecule has 0 N–H and O–H groups in total. The fourth-order valence-electron chi connectivity index (χ4n) is 6.96. The van der Waals surface area contributed by atoms with Crippen LogP contribution in [0.3, 0.4) is 0 Å². The highest BCUT2D eigenvalue weighted by Gasteiger charge is 2.46. The minimum absolute atomic E-state index is 0.0265. The molecule has 3 aliphatic heterocycles. The molecule has 0 saturated carbocycles. The number of urea groups is 1. The van der Waals surface area contributed by atoms with Gasteiger partial charge in [0.05, 0.1) is 55.5 Å². The summed E-state index contributed by atoms with van der Waals surface area (Å²) in [7, 11) is 0. The third-order valence-corrected chi connectivity index (χ3v) is 10.5. The van der Waals surface area contributed by atoms with Gasteiger partial charge < -0.3 is 19.3 Å². The van der Waals surface area contributed by atoms with Crippen LogP contribution >= 0.6 is 23.2 Å². The van der Waals surface area contributed by atoms with Gasteiger partial charge in [0.1, 0.15) is 11.6 Å². The number of nitrogens with zero attached hydrogens (tertiary/aromatic N) is 6. The lowest BCUT2D eigenvalue weighted by Crippen LogP contribution is -2.56. The summed E-state index contributed by atoms with van der Waals surface area (Å²) in [5, 5.41) is 11.2. The Bertz CT molecular complexity index is 1700. The van der Waals surface area contributed by atoms with Gasteiger partial charge in [-0.2, -0.15) is 5.26 Å². The largest absolute Gasteiger partial charge is 0.493 e. The van der Waals surface area contributed by atoms with Gasteiger partial charge in [-0.25, -0.2) is 4.79 Å². The maximum Gasteiger partial charge on any atom is 0.326 e. The number of morpholine rings is 1. The Morgan fingerprint density at radius 3 is 2.38 bits per heavy atom. The van der Waals surface area contributed by atoms with Crippen molar-refractivity contribution in [1.82, 2.24) is 19.6 Å². The van der Waals surface area contributed by atoms with E-state index in [1.54, 1.807) is 0 Å². The van der Waals surface area contributed by atoms with E-state index in [2.05, 4.69) is 17.0 Å². The maximum atomic E-state index is 14.9. The van der Waals surface area contributed by atoms with Gasteiger partial charge in [0.15, 0.2) is 0 Å². The number of hydrogen-bond acceptors (Lipinski definition) is 7. The molecule has 0 spiro atoms. The van der Waals surface area contributed by atoms with Crippen molar-refractivity contribution in [2.75, 3.05) is 65.6 Å². The molecule has 50 heavy (non-hydrogen) atoms. The maximum absolute atomic E-state index is 14.9. The van der Waals surface area contributed by atoms with Crippen molar-refractivity contribution in [2.24, 2.45) is 10.9 Å². The molecular weight excluding hydrogens is 675 g/mol. The van der Waals surface area contributed by atoms with E-state index >= 15 is 0 Å². The Labute approximate surface area is 304 Å². The van der Waals surface area contributed by atoms with Crippen molar-refractivity contribution in [2.45, 2.75) is 44.7 Å². The number of amidine groups is 1. The lowest BCUT2D eigenvalue weighted by Gasteiger charge is -2.40. The SMILES string of the molecule is CCOc1cc(C(C)(C)C#N)ccc1C1=N[C@@H](C2C=CC(Cl)=CC2)[C@@H](c2ccc(Cl)cc2)N1C(=O)N1CCN(CC(=O)N2CCOCC2)CC1. The highest BCUT2D eigenvalue weighted by molar-refractivity contribution is 6.31. The first kappa shape index (κ1) is 35.9. The second-order valence-corrected chi connectivity index (χ2v) is 14.4. The number of piperazine rings is 1. The monoisotopic (exact) mass is 718 g/mol. The molecule has 1 unspecified atom stereocenters. The van der Waals surface area contributed by atoms with Crippen molar-refractivity contribution in [3.63, 3.8) is 0 Å². The zero-order valence-corrected chi connectivity index (χ0v) is 30.4. The molecule has 12 heteroatoms. The van der Waals surface area contributed by atoms with Gasteiger partial charge in [-0.3, -0.25) is 19.6 Å². The van der Waals surface area contributed by atoms with E-state index in [1.165, 1.54) is 0 Å². The zero-order valence-electron chi connectivity index (χ0n) is 28.9. The summed E-state index contributed by atoms with van der Waals surface area (Å²) in [6.07, 6.45) is 6.65. The highest BCUT2D eigenvalue weighted by atomic mass is 35.5. The molecule has 0 bridgehead atoms. The Balaban J connectivity index is 1.36. The average Bonchev–Trinajstić information content (AvgIpc) is 3.53. The summed E-state index contributed by atoms with van der Waals surface area (Å²) < 4.78 is 11.6. The van der Waals surface area contributed by atoms with Crippen LogP contribution in [0.2, 0.25) is 5.02 Å². The van der Waals surface area contributed by atoms with Crippen LogP contribution in [0.15, 0.2) is 70.7 Å². The van der Waals surface area contributed by atoms with Gasteiger partial charge in [-0.1, -0.05) is 53.6 Å². The van der Waals surface area contributed by atoms with Crippen LogP contribution < -0.4 is 4.74 Å². The van der Waals surface area contributed by atoms with Crippen LogP contribution in [-0.4, -0.2) is 109 Å². The van der Waals surface area contributed by atoms with Gasteiger partial charge in [0, 0.05) is 55.2 Å². The van der Waals surface area contributed by atoms with Gasteiger partial charge in [0.2, 0.25) is 5.91 Å². The van der Waals surface area contributed by atoms with Crippen molar-refractivity contribution in [1.29, 1.82) is 5.26 Å². The quantitative estimate of drug-likeness (QED) is 0.332. The first-order valence-corrected chi connectivity index (χ1v) is 18.1. The number of nitriles is 1. The Morgan fingerprint density at radius 1 is 1.02 bits per heavy atom. The summed E-state index contributed by atoms with van der Waals surface area (Å²) in [5.41, 5.74) is 1.66. The van der Waals surface area contributed by atoms with Crippen molar-refractivity contribution < 1.29 is 19.1 Å². The molecule has 1 aliphatic carbocycles. The van der Waals surface area contributed by atoms with Gasteiger partial charge in [0.25, 0.3) is 0 Å². The fraction of sp³-hybridized carbons (Fsp3) is 0.474. The van der Waals surface area contributed by atoms with Crippen molar-refractivity contribution in [3.8, 4) is 11.8 Å². The first-order chi connectivity index (χ1) is 24.1. The third-order valence-electron chi connectivity index (χ3n) is 9.93. The van der Waals surface area contributed by atoms with Gasteiger partial charge in [-0.05, 0) is 68.7 Å². The summed E-state index contributed by atoms with van der Waals surface area (Å²) >= 11 is 12.7. The Morgan fingerprint density at radius 2 is 1.74 bits per heavy atom. The first-order valence-electron chi connectivity index (χ1n) is 17.3. The van der Waals surface area contributed by atoms with Crippen LogP contribution in [0.4, 0.5) is 4.79 Å². The topological polar surface area (TPSA) is 102 Å². The molecule has 10 nitrogen and oxygen atoms in total. The molecule has 0 radical (unpaired) electrons. The van der Waals surface area contributed by atoms with Crippen molar-refractivity contribution >= 4 is 41.0 Å². The number of amides is 3. The summed E-state index contributed by atoms with van der Waals surface area (Å²) in [5.74, 6) is 1.15. The molecule has 3 atom stereocenters. The molecule has 0 aromatic heterocycles. The zero-order chi connectivity index (χ0) is 35.4. The molecule has 3 heterocycles. The predicted molar refractivity (Wildman–Crippen MR) is 195 cm³/mol. The summed E-state index contributed by atoms with van der Waals surface area (Å²) in [4.78, 5) is 40.9. The number of carbonyl (C=O) groups is 2. The minimum atomic E-state index is -0.743. The standard InChI is InChI=1S/C38H44Cl2N6O4/c1-4-50-32-23-28(38(2,3)25-41)9-14-31(32)36-42-34(26-5-10-29(39)11-6-26)35(27-7-12-30(40)13-8-27)46(36)37(48)45-17-15-43(16-18-45)24-33(47)44-19-21-49-22-20-44/h5,7-14,23,26,34-35H,4,6,15-22,24H2,1-3H3/t26?,34-,35+/m0/s1. The van der Waals surface area contributed by atoms with E-state index in [0.29, 0.717) is 99.3 Å². The number of benzene rings is 2. The van der Waals surface area contributed by atoms with Crippen LogP contribution in [0.25, 0.3) is 0 Å². The molecular formula is C38H44Cl2N6O4. The lowest BCUT2D eigenvalue weighted by molar-refractivity contribution is -0.136. The molecule has 3 amide bonds. The Hall–Kier alpha value is -3.88. The number of aliphatic imine (C=N–C) groups is 1. The summed E-state index contributed by atoms with van der Waals surface area (Å²) in [6, 6.07) is 14.8. The Kier molecular flexibility index (Phi) is 11.2. The summed E-state index contributed by atoms with van der Waals surface area (Å²) in [6.45, 7) is 10.8. The van der Waals surface area contributed by atoms with E-state index in [4.69, 9.17) is 37.7 Å². The molecule has 2 aromatic carbocycles.